The summed E-state index contributed by atoms with van der Waals surface area (Å²) in [6, 6.07) is 0.644. The van der Waals surface area contributed by atoms with E-state index in [2.05, 4.69) is 25.6 Å². The first-order chi connectivity index (χ1) is 9.90. The number of halogens is 2. The van der Waals surface area contributed by atoms with Gasteiger partial charge in [-0.2, -0.15) is 10.2 Å². The molecule has 2 N–H and O–H groups in total. The molecule has 0 aliphatic heterocycles. The molecule has 0 aliphatic rings. The molecule has 0 fully saturated rings. The Bertz CT molecular complexity index is 621. The zero-order valence-electron chi connectivity index (χ0n) is 11.8. The minimum atomic E-state index is -2.70. The summed E-state index contributed by atoms with van der Waals surface area (Å²) in [7, 11) is 1.72. The minimum Gasteiger partial charge on any atom is -0.340 e. The number of aryl methyl sites for hydroxylation is 1. The summed E-state index contributed by atoms with van der Waals surface area (Å²) in [5.41, 5.74) is -0.474. The topological polar surface area (TPSA) is 88.5 Å². The number of rotatable bonds is 5. The molecule has 2 aromatic heterocycles. The van der Waals surface area contributed by atoms with Gasteiger partial charge in [-0.1, -0.05) is 13.8 Å². The van der Waals surface area contributed by atoms with Crippen LogP contribution in [0.3, 0.4) is 0 Å². The molecule has 0 aliphatic carbocycles. The van der Waals surface area contributed by atoms with Crippen LogP contribution in [-0.2, 0) is 7.05 Å². The molecule has 0 radical (unpaired) electrons. The Balaban J connectivity index is 2.17. The Hall–Kier alpha value is -2.32. The van der Waals surface area contributed by atoms with Gasteiger partial charge < -0.3 is 5.32 Å². The lowest BCUT2D eigenvalue weighted by Crippen LogP contribution is -2.33. The third-order valence-electron chi connectivity index (χ3n) is 3.04. The summed E-state index contributed by atoms with van der Waals surface area (Å²) in [5.74, 6) is 0.0909. The number of H-pyrrole nitrogens is 1. The summed E-state index contributed by atoms with van der Waals surface area (Å²) in [4.78, 5) is 16.2. The fraction of sp³-hybridized carbons (Fsp3) is 0.500. The molecular formula is C12H16F2N6O. The molecule has 114 valence electrons. The average molecular weight is 298 g/mol. The quantitative estimate of drug-likeness (QED) is 0.877. The Morgan fingerprint density at radius 3 is 2.62 bits per heavy atom. The van der Waals surface area contributed by atoms with Crippen molar-refractivity contribution in [1.82, 2.24) is 30.3 Å². The number of carbonyl (C=O) groups excluding carboxylic acids is 1. The average Bonchev–Trinajstić information content (AvgIpc) is 3.04. The van der Waals surface area contributed by atoms with E-state index < -0.39 is 18.4 Å². The number of hydrogen-bond donors (Lipinski definition) is 2. The third kappa shape index (κ3) is 3.23. The molecule has 0 saturated heterocycles. The normalized spacial score (nSPS) is 12.9. The molecule has 0 aromatic carbocycles. The Labute approximate surface area is 119 Å². The van der Waals surface area contributed by atoms with E-state index in [-0.39, 0.29) is 17.3 Å². The highest BCUT2D eigenvalue weighted by molar-refractivity contribution is 5.92. The minimum absolute atomic E-state index is 0.0466. The summed E-state index contributed by atoms with van der Waals surface area (Å²) in [5, 5.41) is 12.4. The lowest BCUT2D eigenvalue weighted by molar-refractivity contribution is 0.0917. The summed E-state index contributed by atoms with van der Waals surface area (Å²) >= 11 is 0. The van der Waals surface area contributed by atoms with Crippen LogP contribution in [0.4, 0.5) is 8.78 Å². The maximum Gasteiger partial charge on any atom is 0.279 e. The second-order valence-corrected chi connectivity index (χ2v) is 4.95. The predicted octanol–water partition coefficient (Wildman–Crippen LogP) is 1.60. The molecule has 0 saturated carbocycles. The number of nitrogens with zero attached hydrogens (tertiary/aromatic N) is 4. The lowest BCUT2D eigenvalue weighted by Gasteiger charge is -2.20. The molecule has 1 atom stereocenters. The van der Waals surface area contributed by atoms with Crippen molar-refractivity contribution in [3.05, 3.63) is 29.6 Å². The summed E-state index contributed by atoms with van der Waals surface area (Å²) in [6.07, 6.45) is -1.31. The first kappa shape index (κ1) is 15.1. The molecule has 2 aromatic rings. The van der Waals surface area contributed by atoms with Gasteiger partial charge in [0, 0.05) is 7.05 Å². The van der Waals surface area contributed by atoms with E-state index in [1.165, 1.54) is 6.33 Å². The van der Waals surface area contributed by atoms with Crippen LogP contribution in [0.25, 0.3) is 0 Å². The maximum atomic E-state index is 12.5. The zero-order valence-corrected chi connectivity index (χ0v) is 11.8. The van der Waals surface area contributed by atoms with E-state index in [4.69, 9.17) is 0 Å². The van der Waals surface area contributed by atoms with E-state index in [1.807, 2.05) is 13.8 Å². The van der Waals surface area contributed by atoms with Gasteiger partial charge in [-0.25, -0.2) is 13.8 Å². The molecule has 1 unspecified atom stereocenters. The number of aromatic amines is 1. The fourth-order valence-electron chi connectivity index (χ4n) is 1.90. The van der Waals surface area contributed by atoms with Gasteiger partial charge in [0.25, 0.3) is 12.3 Å². The van der Waals surface area contributed by atoms with Crippen molar-refractivity contribution >= 4 is 5.91 Å². The van der Waals surface area contributed by atoms with Crippen LogP contribution in [0.2, 0.25) is 0 Å². The standard InChI is InChI=1S/C12H16F2N6O/c1-6(2)9(11-15-5-16-20(11)3)17-12(21)8-4-7(10(13)14)18-19-8/h4-6,9-10H,1-3H3,(H,17,21)(H,18,19). The first-order valence-corrected chi connectivity index (χ1v) is 6.38. The van der Waals surface area contributed by atoms with Crippen LogP contribution in [0.15, 0.2) is 12.4 Å². The number of nitrogens with one attached hydrogen (secondary N) is 2. The van der Waals surface area contributed by atoms with Crippen LogP contribution in [0, 0.1) is 5.92 Å². The molecule has 2 rings (SSSR count). The fourth-order valence-corrected chi connectivity index (χ4v) is 1.90. The molecule has 9 heteroatoms. The monoisotopic (exact) mass is 298 g/mol. The predicted molar refractivity (Wildman–Crippen MR) is 69.6 cm³/mol. The Morgan fingerprint density at radius 2 is 2.14 bits per heavy atom. The number of carbonyl (C=O) groups is 1. The number of hydrogen-bond acceptors (Lipinski definition) is 4. The van der Waals surface area contributed by atoms with E-state index in [0.29, 0.717) is 5.82 Å². The van der Waals surface area contributed by atoms with E-state index in [1.54, 1.807) is 11.7 Å². The van der Waals surface area contributed by atoms with Gasteiger partial charge in [0.15, 0.2) is 0 Å². The van der Waals surface area contributed by atoms with Gasteiger partial charge in [0.1, 0.15) is 23.5 Å². The van der Waals surface area contributed by atoms with Crippen molar-refractivity contribution < 1.29 is 13.6 Å². The molecule has 21 heavy (non-hydrogen) atoms. The van der Waals surface area contributed by atoms with Gasteiger partial charge in [0.05, 0.1) is 6.04 Å². The van der Waals surface area contributed by atoms with Gasteiger partial charge in [-0.3, -0.25) is 14.6 Å². The highest BCUT2D eigenvalue weighted by Gasteiger charge is 2.24. The van der Waals surface area contributed by atoms with Crippen LogP contribution in [0.1, 0.15) is 48.3 Å². The zero-order chi connectivity index (χ0) is 15.6. The van der Waals surface area contributed by atoms with Crippen molar-refractivity contribution in [3.8, 4) is 0 Å². The Kier molecular flexibility index (Phi) is 4.29. The van der Waals surface area contributed by atoms with Gasteiger partial charge in [0.2, 0.25) is 0 Å². The smallest absolute Gasteiger partial charge is 0.279 e. The SMILES string of the molecule is CC(C)C(NC(=O)c1cc(C(F)F)[nH]n1)c1ncnn1C. The Morgan fingerprint density at radius 1 is 1.43 bits per heavy atom. The van der Waals surface area contributed by atoms with Gasteiger partial charge >= 0.3 is 0 Å². The largest absolute Gasteiger partial charge is 0.340 e. The maximum absolute atomic E-state index is 12.5. The van der Waals surface area contributed by atoms with Crippen molar-refractivity contribution in [1.29, 1.82) is 0 Å². The highest BCUT2D eigenvalue weighted by Crippen LogP contribution is 2.20. The van der Waals surface area contributed by atoms with E-state index >= 15 is 0 Å². The second kappa shape index (κ2) is 5.98. The van der Waals surface area contributed by atoms with E-state index in [9.17, 15) is 13.6 Å². The highest BCUT2D eigenvalue weighted by atomic mass is 19.3. The molecule has 2 heterocycles. The molecule has 0 bridgehead atoms. The van der Waals surface area contributed by atoms with Crippen molar-refractivity contribution in [2.75, 3.05) is 0 Å². The van der Waals surface area contributed by atoms with Crippen LogP contribution in [0.5, 0.6) is 0 Å². The third-order valence-corrected chi connectivity index (χ3v) is 3.04. The number of amides is 1. The lowest BCUT2D eigenvalue weighted by atomic mass is 10.0. The first-order valence-electron chi connectivity index (χ1n) is 6.38. The van der Waals surface area contributed by atoms with Gasteiger partial charge in [-0.15, -0.1) is 0 Å². The second-order valence-electron chi connectivity index (χ2n) is 4.95. The van der Waals surface area contributed by atoms with Crippen LogP contribution < -0.4 is 5.32 Å². The van der Waals surface area contributed by atoms with Gasteiger partial charge in [-0.05, 0) is 12.0 Å². The van der Waals surface area contributed by atoms with E-state index in [0.717, 1.165) is 6.07 Å². The summed E-state index contributed by atoms with van der Waals surface area (Å²) < 4.78 is 26.5. The summed E-state index contributed by atoms with van der Waals surface area (Å²) in [6.45, 7) is 3.82. The molecule has 7 nitrogen and oxygen atoms in total. The molecular weight excluding hydrogens is 282 g/mol. The molecule has 1 amide bonds. The molecule has 0 spiro atoms. The van der Waals surface area contributed by atoms with Crippen molar-refractivity contribution in [2.45, 2.75) is 26.3 Å². The van der Waals surface area contributed by atoms with Crippen LogP contribution >= 0.6 is 0 Å². The number of alkyl halides is 2. The van der Waals surface area contributed by atoms with Crippen molar-refractivity contribution in [3.63, 3.8) is 0 Å². The number of aromatic nitrogens is 5. The van der Waals surface area contributed by atoms with Crippen molar-refractivity contribution in [2.24, 2.45) is 13.0 Å². The van der Waals surface area contributed by atoms with Crippen LogP contribution in [-0.4, -0.2) is 30.9 Å².